The van der Waals surface area contributed by atoms with Crippen molar-refractivity contribution >= 4 is 6.09 Å². The van der Waals surface area contributed by atoms with Crippen LogP contribution < -0.4 is 0 Å². The molecule has 0 saturated carbocycles. The van der Waals surface area contributed by atoms with Gasteiger partial charge in [0.05, 0.1) is 19.2 Å². The molecule has 0 aromatic carbocycles. The minimum Gasteiger partial charge on any atom is -0.465 e. The maximum atomic E-state index is 10.5. The Labute approximate surface area is 74.9 Å². The van der Waals surface area contributed by atoms with Crippen molar-refractivity contribution < 1.29 is 19.7 Å². The minimum absolute atomic E-state index is 0.0457. The molecule has 1 aliphatic rings. The number of aliphatic hydroxyl groups excluding tert-OH is 1. The summed E-state index contributed by atoms with van der Waals surface area (Å²) in [6.45, 7) is 0.545. The van der Waals surface area contributed by atoms with Gasteiger partial charge in [-0.15, -0.1) is 0 Å². The second kappa shape index (κ2) is 4.07. The molecule has 2 N–H and O–H groups in total. The minimum atomic E-state index is -1.26. The van der Waals surface area contributed by atoms with Crippen LogP contribution in [0.15, 0.2) is 0 Å². The van der Waals surface area contributed by atoms with Gasteiger partial charge >= 0.3 is 6.09 Å². The van der Waals surface area contributed by atoms with E-state index in [2.05, 4.69) is 0 Å². The second-order valence-corrected chi connectivity index (χ2v) is 2.71. The average molecular weight is 186 g/mol. The van der Waals surface area contributed by atoms with Crippen LogP contribution in [0, 0.1) is 11.3 Å². The maximum absolute atomic E-state index is 10.5. The van der Waals surface area contributed by atoms with Crippen molar-refractivity contribution in [3.8, 4) is 6.07 Å². The predicted octanol–water partition coefficient (Wildman–Crippen LogP) is -0.750. The summed E-state index contributed by atoms with van der Waals surface area (Å²) in [4.78, 5) is 11.6. The first-order chi connectivity index (χ1) is 6.15. The van der Waals surface area contributed by atoms with E-state index in [0.717, 1.165) is 4.90 Å². The van der Waals surface area contributed by atoms with Gasteiger partial charge in [-0.3, -0.25) is 0 Å². The maximum Gasteiger partial charge on any atom is 0.407 e. The van der Waals surface area contributed by atoms with Crippen molar-refractivity contribution in [3.63, 3.8) is 0 Å². The Bertz CT molecular complexity index is 237. The number of nitrogens with zero attached hydrogens (tertiary/aromatic N) is 2. The molecular formula is C7H10N2O4. The van der Waals surface area contributed by atoms with Crippen LogP contribution in [0.4, 0.5) is 4.79 Å². The molecule has 1 fully saturated rings. The molecule has 6 nitrogen and oxygen atoms in total. The fourth-order valence-electron chi connectivity index (χ4n) is 1.12. The summed E-state index contributed by atoms with van der Waals surface area (Å²) in [5.41, 5.74) is 0. The number of nitriles is 1. The Morgan fingerprint density at radius 1 is 1.77 bits per heavy atom. The van der Waals surface area contributed by atoms with Crippen molar-refractivity contribution in [1.82, 2.24) is 4.90 Å². The Hall–Kier alpha value is -1.32. The number of amides is 1. The van der Waals surface area contributed by atoms with Gasteiger partial charge in [0.15, 0.2) is 6.10 Å². The zero-order valence-corrected chi connectivity index (χ0v) is 6.88. The molecule has 1 rings (SSSR count). The third-order valence-corrected chi connectivity index (χ3v) is 1.85. The topological polar surface area (TPSA) is 93.8 Å². The Morgan fingerprint density at radius 3 is 3.00 bits per heavy atom. The fourth-order valence-corrected chi connectivity index (χ4v) is 1.12. The van der Waals surface area contributed by atoms with Crippen molar-refractivity contribution in [1.29, 1.82) is 5.26 Å². The van der Waals surface area contributed by atoms with E-state index >= 15 is 0 Å². The van der Waals surface area contributed by atoms with Gasteiger partial charge in [-0.05, 0) is 0 Å². The van der Waals surface area contributed by atoms with Gasteiger partial charge in [0, 0.05) is 6.54 Å². The van der Waals surface area contributed by atoms with Gasteiger partial charge in [-0.1, -0.05) is 0 Å². The summed E-state index contributed by atoms with van der Waals surface area (Å²) in [6.07, 6.45) is -3.05. The average Bonchev–Trinajstić information content (AvgIpc) is 2.17. The largest absolute Gasteiger partial charge is 0.465 e. The summed E-state index contributed by atoms with van der Waals surface area (Å²) in [5, 5.41) is 26.1. The molecule has 0 bridgehead atoms. The van der Waals surface area contributed by atoms with E-state index in [4.69, 9.17) is 20.2 Å². The molecule has 0 aromatic rings. The summed E-state index contributed by atoms with van der Waals surface area (Å²) >= 11 is 0. The highest BCUT2D eigenvalue weighted by atomic mass is 16.5. The molecule has 0 radical (unpaired) electrons. The lowest BCUT2D eigenvalue weighted by molar-refractivity contribution is -0.0654. The third-order valence-electron chi connectivity index (χ3n) is 1.85. The zero-order chi connectivity index (χ0) is 9.84. The summed E-state index contributed by atoms with van der Waals surface area (Å²) < 4.78 is 5.03. The Morgan fingerprint density at radius 2 is 2.46 bits per heavy atom. The second-order valence-electron chi connectivity index (χ2n) is 2.71. The number of ether oxygens (including phenoxy) is 1. The van der Waals surface area contributed by atoms with Crippen LogP contribution in [0.5, 0.6) is 0 Å². The predicted molar refractivity (Wildman–Crippen MR) is 41.0 cm³/mol. The van der Waals surface area contributed by atoms with Crippen molar-refractivity contribution in [3.05, 3.63) is 0 Å². The molecule has 2 atom stereocenters. The van der Waals surface area contributed by atoms with Crippen LogP contribution in [-0.4, -0.2) is 53.1 Å². The van der Waals surface area contributed by atoms with Crippen LogP contribution in [0.1, 0.15) is 0 Å². The molecule has 1 aliphatic heterocycles. The van der Waals surface area contributed by atoms with E-state index in [9.17, 15) is 4.79 Å². The lowest BCUT2D eigenvalue weighted by Crippen LogP contribution is -2.49. The number of hydrogen-bond donors (Lipinski definition) is 2. The number of carboxylic acid groups (broad SMARTS) is 1. The molecule has 1 saturated heterocycles. The van der Waals surface area contributed by atoms with E-state index in [1.807, 2.05) is 0 Å². The van der Waals surface area contributed by atoms with Crippen LogP contribution in [-0.2, 0) is 4.74 Å². The number of morpholine rings is 1. The number of aliphatic hydroxyl groups is 1. The first-order valence-electron chi connectivity index (χ1n) is 3.82. The fraction of sp³-hybridized carbons (Fsp3) is 0.714. The molecule has 1 heterocycles. The summed E-state index contributed by atoms with van der Waals surface area (Å²) in [6, 6.07) is 1.61. The smallest absolute Gasteiger partial charge is 0.407 e. The lowest BCUT2D eigenvalue weighted by Gasteiger charge is -2.31. The monoisotopic (exact) mass is 186 g/mol. The third kappa shape index (κ3) is 2.31. The van der Waals surface area contributed by atoms with E-state index in [1.54, 1.807) is 6.07 Å². The standard InChI is InChI=1S/C7H10N2O4/c8-3-5(10)6-4-9(7(11)12)1-2-13-6/h5-6,10H,1-2,4H2,(H,11,12). The van der Waals surface area contributed by atoms with Gasteiger partial charge in [0.2, 0.25) is 0 Å². The zero-order valence-electron chi connectivity index (χ0n) is 6.88. The van der Waals surface area contributed by atoms with Gasteiger partial charge in [-0.25, -0.2) is 4.79 Å². The summed E-state index contributed by atoms with van der Waals surface area (Å²) in [5.74, 6) is 0. The highest BCUT2D eigenvalue weighted by Gasteiger charge is 2.28. The number of hydrogen-bond acceptors (Lipinski definition) is 4. The van der Waals surface area contributed by atoms with Crippen molar-refractivity contribution in [2.45, 2.75) is 12.2 Å². The van der Waals surface area contributed by atoms with E-state index in [-0.39, 0.29) is 19.7 Å². The van der Waals surface area contributed by atoms with E-state index in [1.165, 1.54) is 0 Å². The Balaban J connectivity index is 2.52. The molecule has 13 heavy (non-hydrogen) atoms. The number of carbonyl (C=O) groups is 1. The first-order valence-corrected chi connectivity index (χ1v) is 3.82. The molecule has 0 aromatic heterocycles. The van der Waals surface area contributed by atoms with E-state index < -0.39 is 18.3 Å². The summed E-state index contributed by atoms with van der Waals surface area (Å²) in [7, 11) is 0. The van der Waals surface area contributed by atoms with Crippen LogP contribution in [0.25, 0.3) is 0 Å². The van der Waals surface area contributed by atoms with Crippen LogP contribution in [0.2, 0.25) is 0 Å². The Kier molecular flexibility index (Phi) is 3.06. The van der Waals surface area contributed by atoms with Crippen molar-refractivity contribution in [2.24, 2.45) is 0 Å². The first kappa shape index (κ1) is 9.77. The van der Waals surface area contributed by atoms with Crippen LogP contribution in [0.3, 0.4) is 0 Å². The van der Waals surface area contributed by atoms with Gasteiger partial charge in [0.25, 0.3) is 0 Å². The lowest BCUT2D eigenvalue weighted by atomic mass is 10.2. The molecule has 6 heteroatoms. The quantitative estimate of drug-likeness (QED) is 0.525. The molecule has 72 valence electrons. The number of rotatable bonds is 1. The molecule has 2 unspecified atom stereocenters. The molecule has 1 amide bonds. The molecule has 0 aliphatic carbocycles. The van der Waals surface area contributed by atoms with Crippen LogP contribution >= 0.6 is 0 Å². The van der Waals surface area contributed by atoms with Crippen molar-refractivity contribution in [2.75, 3.05) is 19.7 Å². The molecular weight excluding hydrogens is 176 g/mol. The van der Waals surface area contributed by atoms with Gasteiger partial charge < -0.3 is 19.8 Å². The van der Waals surface area contributed by atoms with E-state index in [0.29, 0.717) is 0 Å². The molecule has 0 spiro atoms. The van der Waals surface area contributed by atoms with Gasteiger partial charge in [0.1, 0.15) is 6.10 Å². The normalized spacial score (nSPS) is 24.9. The SMILES string of the molecule is N#CC(O)C1CN(C(=O)O)CCO1. The van der Waals surface area contributed by atoms with Gasteiger partial charge in [-0.2, -0.15) is 5.26 Å². The highest BCUT2D eigenvalue weighted by Crippen LogP contribution is 2.08. The highest BCUT2D eigenvalue weighted by molar-refractivity contribution is 5.65.